The Kier molecular flexibility index (Phi) is 4.15. The number of benzene rings is 1. The first-order chi connectivity index (χ1) is 8.04. The maximum atomic E-state index is 11.1. The normalized spacial score (nSPS) is 9.47. The minimum Gasteiger partial charge on any atom is -0.458 e. The fourth-order valence-electron chi connectivity index (χ4n) is 0.975. The van der Waals surface area contributed by atoms with Crippen molar-refractivity contribution in [1.29, 1.82) is 0 Å². The fourth-order valence-corrected chi connectivity index (χ4v) is 0.975. The van der Waals surface area contributed by atoms with E-state index < -0.39 is 16.9 Å². The van der Waals surface area contributed by atoms with Gasteiger partial charge >= 0.3 is 11.9 Å². The van der Waals surface area contributed by atoms with Gasteiger partial charge in [0.25, 0.3) is 5.69 Å². The van der Waals surface area contributed by atoms with E-state index in [1.54, 1.807) is 6.92 Å². The molecule has 0 radical (unpaired) electrons. The van der Waals surface area contributed by atoms with Gasteiger partial charge in [0.15, 0.2) is 0 Å². The SMILES string of the molecule is CCOC(=O)C(=O)Oc1ccc([N+](=O)[O-])cc1. The molecule has 0 amide bonds. The summed E-state index contributed by atoms with van der Waals surface area (Å²) in [5.41, 5.74) is -0.138. The third-order valence-corrected chi connectivity index (χ3v) is 1.70. The standard InChI is InChI=1S/C10H9NO6/c1-2-16-9(12)10(13)17-8-5-3-7(4-6-8)11(14)15/h3-6H,2H2,1H3. The van der Waals surface area contributed by atoms with E-state index in [1.807, 2.05) is 0 Å². The summed E-state index contributed by atoms with van der Waals surface area (Å²) in [6.07, 6.45) is 0. The molecule has 0 aliphatic carbocycles. The van der Waals surface area contributed by atoms with Crippen molar-refractivity contribution in [2.75, 3.05) is 6.61 Å². The molecule has 0 heterocycles. The molecule has 0 aliphatic heterocycles. The first kappa shape index (κ1) is 12.6. The van der Waals surface area contributed by atoms with Gasteiger partial charge in [-0.2, -0.15) is 0 Å². The van der Waals surface area contributed by atoms with Crippen LogP contribution in [0.25, 0.3) is 0 Å². The van der Waals surface area contributed by atoms with Gasteiger partial charge < -0.3 is 9.47 Å². The zero-order valence-electron chi connectivity index (χ0n) is 8.91. The minimum absolute atomic E-state index is 0.0358. The first-order valence-electron chi connectivity index (χ1n) is 4.68. The molecule has 0 spiro atoms. The number of carbonyl (C=O) groups excluding carboxylic acids is 2. The van der Waals surface area contributed by atoms with E-state index >= 15 is 0 Å². The first-order valence-corrected chi connectivity index (χ1v) is 4.68. The molecule has 0 aliphatic rings. The second-order valence-electron chi connectivity index (χ2n) is 2.86. The number of ether oxygens (including phenoxy) is 2. The van der Waals surface area contributed by atoms with Gasteiger partial charge in [-0.05, 0) is 19.1 Å². The van der Waals surface area contributed by atoms with Gasteiger partial charge in [0.05, 0.1) is 11.5 Å². The van der Waals surface area contributed by atoms with Crippen molar-refractivity contribution in [3.8, 4) is 5.75 Å². The highest BCUT2D eigenvalue weighted by Gasteiger charge is 2.17. The molecule has 1 aromatic rings. The predicted octanol–water partition coefficient (Wildman–Crippen LogP) is 1.06. The van der Waals surface area contributed by atoms with Crippen molar-refractivity contribution in [1.82, 2.24) is 0 Å². The highest BCUT2D eigenvalue weighted by atomic mass is 16.6. The number of carbonyl (C=O) groups is 2. The molecule has 0 saturated carbocycles. The summed E-state index contributed by atoms with van der Waals surface area (Å²) in [6, 6.07) is 4.76. The Bertz CT molecular complexity index is 439. The number of hydrogen-bond donors (Lipinski definition) is 0. The van der Waals surface area contributed by atoms with Gasteiger partial charge in [0.1, 0.15) is 5.75 Å². The summed E-state index contributed by atoms with van der Waals surface area (Å²) in [6.45, 7) is 1.62. The van der Waals surface area contributed by atoms with E-state index in [0.717, 1.165) is 12.1 Å². The number of hydrogen-bond acceptors (Lipinski definition) is 6. The molecule has 1 rings (SSSR count). The monoisotopic (exact) mass is 239 g/mol. The topological polar surface area (TPSA) is 95.7 Å². The second kappa shape index (κ2) is 5.59. The van der Waals surface area contributed by atoms with Crippen LogP contribution in [0.4, 0.5) is 5.69 Å². The van der Waals surface area contributed by atoms with Crippen molar-refractivity contribution in [3.05, 3.63) is 34.4 Å². The van der Waals surface area contributed by atoms with Crippen LogP contribution in [0.5, 0.6) is 5.75 Å². The number of esters is 2. The van der Waals surface area contributed by atoms with Crippen LogP contribution in [0.1, 0.15) is 6.92 Å². The molecule has 0 N–H and O–H groups in total. The van der Waals surface area contributed by atoms with E-state index in [0.29, 0.717) is 0 Å². The molecule has 0 unspecified atom stereocenters. The minimum atomic E-state index is -1.17. The van der Waals surface area contributed by atoms with Crippen LogP contribution < -0.4 is 4.74 Å². The Morgan fingerprint density at radius 3 is 2.29 bits per heavy atom. The lowest BCUT2D eigenvalue weighted by molar-refractivity contribution is -0.384. The third-order valence-electron chi connectivity index (χ3n) is 1.70. The molecular formula is C10H9NO6. The molecule has 0 saturated heterocycles. The lowest BCUT2D eigenvalue weighted by atomic mass is 10.3. The van der Waals surface area contributed by atoms with Crippen LogP contribution in [0.3, 0.4) is 0 Å². The molecule has 0 aromatic heterocycles. The summed E-state index contributed by atoms with van der Waals surface area (Å²) in [5, 5.41) is 10.4. The van der Waals surface area contributed by atoms with E-state index in [4.69, 9.17) is 0 Å². The molecule has 0 bridgehead atoms. The number of nitro groups is 1. The predicted molar refractivity (Wildman–Crippen MR) is 55.4 cm³/mol. The van der Waals surface area contributed by atoms with E-state index in [9.17, 15) is 19.7 Å². The highest BCUT2D eigenvalue weighted by Crippen LogP contribution is 2.17. The highest BCUT2D eigenvalue weighted by molar-refractivity contribution is 6.30. The molecule has 0 fully saturated rings. The van der Waals surface area contributed by atoms with Crippen LogP contribution >= 0.6 is 0 Å². The number of nitrogens with zero attached hydrogens (tertiary/aromatic N) is 1. The summed E-state index contributed by atoms with van der Waals surface area (Å²) < 4.78 is 9.04. The van der Waals surface area contributed by atoms with Crippen molar-refractivity contribution in [2.24, 2.45) is 0 Å². The van der Waals surface area contributed by atoms with Crippen molar-refractivity contribution in [2.45, 2.75) is 6.92 Å². The van der Waals surface area contributed by atoms with E-state index in [2.05, 4.69) is 9.47 Å². The van der Waals surface area contributed by atoms with Gasteiger partial charge in [0.2, 0.25) is 0 Å². The van der Waals surface area contributed by atoms with Gasteiger partial charge in [0, 0.05) is 12.1 Å². The maximum absolute atomic E-state index is 11.1. The van der Waals surface area contributed by atoms with Crippen molar-refractivity contribution in [3.63, 3.8) is 0 Å². The van der Waals surface area contributed by atoms with Crippen LogP contribution in [0.2, 0.25) is 0 Å². The molecule has 90 valence electrons. The van der Waals surface area contributed by atoms with Gasteiger partial charge in [-0.1, -0.05) is 0 Å². The lowest BCUT2D eigenvalue weighted by Gasteiger charge is -2.02. The Morgan fingerprint density at radius 1 is 1.24 bits per heavy atom. The maximum Gasteiger partial charge on any atom is 0.422 e. The Balaban J connectivity index is 2.66. The summed E-state index contributed by atoms with van der Waals surface area (Å²) in [4.78, 5) is 31.8. The lowest BCUT2D eigenvalue weighted by Crippen LogP contribution is -2.22. The average molecular weight is 239 g/mol. The Hall–Kier alpha value is -2.44. The van der Waals surface area contributed by atoms with E-state index in [-0.39, 0.29) is 18.0 Å². The van der Waals surface area contributed by atoms with Crippen LogP contribution in [0, 0.1) is 10.1 Å². The zero-order chi connectivity index (χ0) is 12.8. The van der Waals surface area contributed by atoms with Gasteiger partial charge in [-0.3, -0.25) is 10.1 Å². The zero-order valence-corrected chi connectivity index (χ0v) is 8.91. The second-order valence-corrected chi connectivity index (χ2v) is 2.86. The Morgan fingerprint density at radius 2 is 1.82 bits per heavy atom. The molecular weight excluding hydrogens is 230 g/mol. The number of rotatable bonds is 3. The molecule has 7 heteroatoms. The molecule has 0 atom stereocenters. The third kappa shape index (κ3) is 3.56. The van der Waals surface area contributed by atoms with Crippen LogP contribution in [-0.2, 0) is 14.3 Å². The molecule has 17 heavy (non-hydrogen) atoms. The van der Waals surface area contributed by atoms with Crippen LogP contribution in [-0.4, -0.2) is 23.5 Å². The summed E-state index contributed by atoms with van der Waals surface area (Å²) in [7, 11) is 0. The number of non-ortho nitro benzene ring substituents is 1. The van der Waals surface area contributed by atoms with Gasteiger partial charge in [-0.15, -0.1) is 0 Å². The quantitative estimate of drug-likeness (QED) is 0.257. The molecule has 7 nitrogen and oxygen atoms in total. The van der Waals surface area contributed by atoms with Crippen molar-refractivity contribution >= 4 is 17.6 Å². The molecule has 1 aromatic carbocycles. The van der Waals surface area contributed by atoms with Gasteiger partial charge in [-0.25, -0.2) is 9.59 Å². The largest absolute Gasteiger partial charge is 0.458 e. The fraction of sp³-hybridized carbons (Fsp3) is 0.200. The van der Waals surface area contributed by atoms with E-state index in [1.165, 1.54) is 12.1 Å². The summed E-state index contributed by atoms with van der Waals surface area (Å²) in [5.74, 6) is -2.24. The smallest absolute Gasteiger partial charge is 0.422 e. The van der Waals surface area contributed by atoms with Crippen molar-refractivity contribution < 1.29 is 24.0 Å². The van der Waals surface area contributed by atoms with Crippen LogP contribution in [0.15, 0.2) is 24.3 Å². The number of nitro benzene ring substituents is 1. The Labute approximate surface area is 96.1 Å². The average Bonchev–Trinajstić information content (AvgIpc) is 2.30. The summed E-state index contributed by atoms with van der Waals surface area (Å²) >= 11 is 0.